The Balaban J connectivity index is 2.07. The molecule has 1 N–H and O–H groups in total. The summed E-state index contributed by atoms with van der Waals surface area (Å²) in [6.07, 6.45) is 1.01. The number of aryl methyl sites for hydroxylation is 1. The molecule has 86 valence electrons. The highest BCUT2D eigenvalue weighted by Gasteiger charge is 2.25. The third-order valence-electron chi connectivity index (χ3n) is 3.24. The van der Waals surface area contributed by atoms with Crippen LogP contribution in [-0.4, -0.2) is 37.0 Å². The Labute approximate surface area is 96.5 Å². The van der Waals surface area contributed by atoms with Crippen molar-refractivity contribution in [1.82, 2.24) is 10.2 Å². The number of amides is 1. The van der Waals surface area contributed by atoms with Gasteiger partial charge >= 0.3 is 0 Å². The van der Waals surface area contributed by atoms with Gasteiger partial charge in [-0.1, -0.05) is 19.1 Å². The number of hydrogen-bond donors (Lipinski definition) is 1. The lowest BCUT2D eigenvalue weighted by Crippen LogP contribution is -2.57. The zero-order chi connectivity index (χ0) is 11.5. The van der Waals surface area contributed by atoms with E-state index in [4.69, 9.17) is 0 Å². The molecule has 1 aromatic rings. The first-order valence-corrected chi connectivity index (χ1v) is 5.79. The third-order valence-corrected chi connectivity index (χ3v) is 3.24. The average molecular weight is 218 g/mol. The van der Waals surface area contributed by atoms with E-state index in [1.54, 1.807) is 0 Å². The van der Waals surface area contributed by atoms with Crippen molar-refractivity contribution in [3.8, 4) is 0 Å². The van der Waals surface area contributed by atoms with E-state index in [9.17, 15) is 4.79 Å². The first-order valence-electron chi connectivity index (χ1n) is 5.79. The van der Waals surface area contributed by atoms with Gasteiger partial charge in [-0.15, -0.1) is 0 Å². The summed E-state index contributed by atoms with van der Waals surface area (Å²) >= 11 is 0. The summed E-state index contributed by atoms with van der Waals surface area (Å²) in [6.45, 7) is 3.94. The number of likely N-dealkylation sites (N-methyl/N-ethyl adjacent to an activating group) is 1. The molecule has 1 saturated heterocycles. The minimum Gasteiger partial charge on any atom is -0.336 e. The molecule has 1 aliphatic rings. The van der Waals surface area contributed by atoms with E-state index < -0.39 is 0 Å². The minimum absolute atomic E-state index is 0.120. The van der Waals surface area contributed by atoms with E-state index in [0.717, 1.165) is 25.1 Å². The number of nitrogens with zero attached hydrogens (tertiary/aromatic N) is 1. The van der Waals surface area contributed by atoms with Gasteiger partial charge in [0.05, 0.1) is 6.04 Å². The van der Waals surface area contributed by atoms with Gasteiger partial charge in [-0.25, -0.2) is 0 Å². The average Bonchev–Trinajstić information content (AvgIpc) is 2.26. The molecule has 3 nitrogen and oxygen atoms in total. The van der Waals surface area contributed by atoms with E-state index in [1.807, 2.05) is 36.2 Å². The first-order chi connectivity index (χ1) is 7.72. The van der Waals surface area contributed by atoms with Gasteiger partial charge in [0.1, 0.15) is 0 Å². The molecule has 1 aromatic carbocycles. The summed E-state index contributed by atoms with van der Waals surface area (Å²) in [6, 6.07) is 8.26. The van der Waals surface area contributed by atoms with Gasteiger partial charge in [-0.3, -0.25) is 4.79 Å². The van der Waals surface area contributed by atoms with Crippen molar-refractivity contribution >= 4 is 5.91 Å². The summed E-state index contributed by atoms with van der Waals surface area (Å²) < 4.78 is 0. The zero-order valence-electron chi connectivity index (χ0n) is 9.86. The number of carbonyl (C=O) groups is 1. The number of benzene rings is 1. The maximum absolute atomic E-state index is 12.1. The molecule has 1 fully saturated rings. The fourth-order valence-corrected chi connectivity index (χ4v) is 1.80. The van der Waals surface area contributed by atoms with Gasteiger partial charge in [0.25, 0.3) is 5.91 Å². The third kappa shape index (κ3) is 2.09. The summed E-state index contributed by atoms with van der Waals surface area (Å²) in [5, 5.41) is 3.17. The highest BCUT2D eigenvalue weighted by Crippen LogP contribution is 2.11. The molecule has 0 saturated carbocycles. The molecule has 16 heavy (non-hydrogen) atoms. The maximum Gasteiger partial charge on any atom is 0.253 e. The number of carbonyl (C=O) groups excluding carboxylic acids is 1. The second-order valence-corrected chi connectivity index (χ2v) is 4.28. The van der Waals surface area contributed by atoms with Crippen LogP contribution in [0.3, 0.4) is 0 Å². The van der Waals surface area contributed by atoms with Gasteiger partial charge in [0, 0.05) is 25.7 Å². The van der Waals surface area contributed by atoms with Crippen LogP contribution in [0.15, 0.2) is 24.3 Å². The highest BCUT2D eigenvalue weighted by molar-refractivity contribution is 5.94. The highest BCUT2D eigenvalue weighted by atomic mass is 16.2. The fourth-order valence-electron chi connectivity index (χ4n) is 1.80. The van der Waals surface area contributed by atoms with E-state index in [2.05, 4.69) is 12.2 Å². The molecule has 0 aliphatic carbocycles. The number of hydrogen-bond acceptors (Lipinski definition) is 2. The van der Waals surface area contributed by atoms with Gasteiger partial charge in [-0.2, -0.15) is 0 Å². The van der Waals surface area contributed by atoms with Crippen LogP contribution in [0, 0.1) is 0 Å². The second kappa shape index (κ2) is 4.66. The predicted molar refractivity (Wildman–Crippen MR) is 64.6 cm³/mol. The van der Waals surface area contributed by atoms with Crippen molar-refractivity contribution in [3.05, 3.63) is 35.4 Å². The van der Waals surface area contributed by atoms with Crippen LogP contribution < -0.4 is 5.32 Å². The van der Waals surface area contributed by atoms with Gasteiger partial charge in [0.15, 0.2) is 0 Å². The van der Waals surface area contributed by atoms with Crippen LogP contribution in [0.5, 0.6) is 0 Å². The fraction of sp³-hybridized carbons (Fsp3) is 0.462. The SMILES string of the molecule is CCc1ccc(C(=O)N(C)C2CNC2)cc1. The molecule has 1 heterocycles. The molecule has 0 bridgehead atoms. The lowest BCUT2D eigenvalue weighted by Gasteiger charge is -2.35. The largest absolute Gasteiger partial charge is 0.336 e. The molecular formula is C13H18N2O. The molecule has 2 rings (SSSR count). The standard InChI is InChI=1S/C13H18N2O/c1-3-10-4-6-11(7-5-10)13(16)15(2)12-8-14-9-12/h4-7,12,14H,3,8-9H2,1-2H3. The van der Waals surface area contributed by atoms with E-state index >= 15 is 0 Å². The van der Waals surface area contributed by atoms with Crippen LogP contribution >= 0.6 is 0 Å². The Kier molecular flexibility index (Phi) is 3.25. The smallest absolute Gasteiger partial charge is 0.253 e. The molecular weight excluding hydrogens is 200 g/mol. The summed E-state index contributed by atoms with van der Waals surface area (Å²) in [5.74, 6) is 0.120. The topological polar surface area (TPSA) is 32.3 Å². The summed E-state index contributed by atoms with van der Waals surface area (Å²) in [4.78, 5) is 13.9. The van der Waals surface area contributed by atoms with Crippen molar-refractivity contribution < 1.29 is 4.79 Å². The lowest BCUT2D eigenvalue weighted by atomic mass is 10.1. The Hall–Kier alpha value is -1.35. The second-order valence-electron chi connectivity index (χ2n) is 4.28. The van der Waals surface area contributed by atoms with Crippen LogP contribution in [-0.2, 0) is 6.42 Å². The summed E-state index contributed by atoms with van der Waals surface area (Å²) in [7, 11) is 1.88. The first kappa shape index (κ1) is 11.1. The molecule has 0 radical (unpaired) electrons. The lowest BCUT2D eigenvalue weighted by molar-refractivity contribution is 0.0681. The van der Waals surface area contributed by atoms with Crippen molar-refractivity contribution in [2.75, 3.05) is 20.1 Å². The monoisotopic (exact) mass is 218 g/mol. The quantitative estimate of drug-likeness (QED) is 0.829. The van der Waals surface area contributed by atoms with Crippen molar-refractivity contribution in [2.24, 2.45) is 0 Å². The molecule has 1 amide bonds. The van der Waals surface area contributed by atoms with E-state index in [1.165, 1.54) is 5.56 Å². The van der Waals surface area contributed by atoms with E-state index in [0.29, 0.717) is 6.04 Å². The van der Waals surface area contributed by atoms with E-state index in [-0.39, 0.29) is 5.91 Å². The Morgan fingerprint density at radius 3 is 2.44 bits per heavy atom. The van der Waals surface area contributed by atoms with Crippen molar-refractivity contribution in [1.29, 1.82) is 0 Å². The Morgan fingerprint density at radius 1 is 1.38 bits per heavy atom. The molecule has 0 unspecified atom stereocenters. The zero-order valence-corrected chi connectivity index (χ0v) is 9.86. The Morgan fingerprint density at radius 2 is 2.00 bits per heavy atom. The van der Waals surface area contributed by atoms with Gasteiger partial charge in [0.2, 0.25) is 0 Å². The normalized spacial score (nSPS) is 15.6. The number of nitrogens with one attached hydrogen (secondary N) is 1. The van der Waals surface area contributed by atoms with Crippen LogP contribution in [0.2, 0.25) is 0 Å². The molecule has 0 aromatic heterocycles. The summed E-state index contributed by atoms with van der Waals surface area (Å²) in [5.41, 5.74) is 2.05. The number of rotatable bonds is 3. The molecule has 1 aliphatic heterocycles. The maximum atomic E-state index is 12.1. The van der Waals surface area contributed by atoms with Gasteiger partial charge < -0.3 is 10.2 Å². The molecule has 0 spiro atoms. The van der Waals surface area contributed by atoms with Crippen molar-refractivity contribution in [3.63, 3.8) is 0 Å². The van der Waals surface area contributed by atoms with Crippen LogP contribution in [0.4, 0.5) is 0 Å². The molecule has 3 heteroatoms. The minimum atomic E-state index is 0.120. The van der Waals surface area contributed by atoms with Crippen LogP contribution in [0.25, 0.3) is 0 Å². The van der Waals surface area contributed by atoms with Gasteiger partial charge in [-0.05, 0) is 24.1 Å². The predicted octanol–water partition coefficient (Wildman–Crippen LogP) is 1.29. The molecule has 0 atom stereocenters. The van der Waals surface area contributed by atoms with Crippen molar-refractivity contribution in [2.45, 2.75) is 19.4 Å². The Bertz CT molecular complexity index is 368. The van der Waals surface area contributed by atoms with Crippen LogP contribution in [0.1, 0.15) is 22.8 Å².